The van der Waals surface area contributed by atoms with E-state index in [0.717, 1.165) is 24.5 Å². The van der Waals surface area contributed by atoms with Gasteiger partial charge in [-0.3, -0.25) is 14.9 Å². The molecule has 0 aliphatic carbocycles. The van der Waals surface area contributed by atoms with E-state index in [1.165, 1.54) is 24.3 Å². The zero-order valence-corrected chi connectivity index (χ0v) is 12.7. The topological polar surface area (TPSA) is 72.7 Å². The zero-order chi connectivity index (χ0) is 15.2. The Morgan fingerprint density at radius 3 is 2.81 bits per heavy atom. The molecule has 1 amide bonds. The summed E-state index contributed by atoms with van der Waals surface area (Å²) in [5, 5.41) is 10.6. The third kappa shape index (κ3) is 4.35. The van der Waals surface area contributed by atoms with Crippen molar-refractivity contribution in [3.63, 3.8) is 0 Å². The number of amides is 1. The highest BCUT2D eigenvalue weighted by molar-refractivity contribution is 7.99. The second kappa shape index (κ2) is 7.31. The monoisotopic (exact) mass is 310 g/mol. The number of rotatable bonds is 4. The van der Waals surface area contributed by atoms with Crippen LogP contribution < -0.4 is 4.74 Å². The van der Waals surface area contributed by atoms with E-state index in [9.17, 15) is 14.9 Å². The highest BCUT2D eigenvalue weighted by Gasteiger charge is 2.22. The van der Waals surface area contributed by atoms with Gasteiger partial charge in [-0.1, -0.05) is 0 Å². The Kier molecular flexibility index (Phi) is 5.44. The fourth-order valence-electron chi connectivity index (χ4n) is 2.16. The molecule has 1 aromatic carbocycles. The SMILES string of the molecule is C[C@H]1CCSCCN1C(=O)COc1ccc([N+](=O)[O-])cc1. The van der Waals surface area contributed by atoms with Crippen molar-refractivity contribution < 1.29 is 14.5 Å². The third-order valence-corrected chi connectivity index (χ3v) is 4.41. The number of ether oxygens (including phenoxy) is 1. The molecule has 1 atom stereocenters. The Morgan fingerprint density at radius 2 is 2.14 bits per heavy atom. The first-order valence-electron chi connectivity index (χ1n) is 6.82. The van der Waals surface area contributed by atoms with Gasteiger partial charge in [0.2, 0.25) is 0 Å². The molecular formula is C14H18N2O4S. The molecule has 1 aliphatic heterocycles. The molecule has 2 rings (SSSR count). The van der Waals surface area contributed by atoms with Crippen LogP contribution in [0.3, 0.4) is 0 Å². The Labute approximate surface area is 127 Å². The lowest BCUT2D eigenvalue weighted by Gasteiger charge is -2.26. The average molecular weight is 310 g/mol. The Morgan fingerprint density at radius 1 is 1.43 bits per heavy atom. The standard InChI is InChI=1S/C14H18N2O4S/c1-11-6-8-21-9-7-15(11)14(17)10-20-13-4-2-12(3-5-13)16(18)19/h2-5,11H,6-10H2,1H3/t11-/m0/s1. The number of nitro benzene ring substituents is 1. The highest BCUT2D eigenvalue weighted by Crippen LogP contribution is 2.19. The van der Waals surface area contributed by atoms with Crippen LogP contribution in [0.1, 0.15) is 13.3 Å². The van der Waals surface area contributed by atoms with Gasteiger partial charge in [0.25, 0.3) is 11.6 Å². The Balaban J connectivity index is 1.89. The van der Waals surface area contributed by atoms with Crippen LogP contribution in [0.25, 0.3) is 0 Å². The van der Waals surface area contributed by atoms with Crippen molar-refractivity contribution >= 4 is 23.4 Å². The van der Waals surface area contributed by atoms with Gasteiger partial charge in [-0.2, -0.15) is 11.8 Å². The van der Waals surface area contributed by atoms with Gasteiger partial charge >= 0.3 is 0 Å². The predicted octanol–water partition coefficient (Wildman–Crippen LogP) is 2.33. The maximum Gasteiger partial charge on any atom is 0.269 e. The first-order chi connectivity index (χ1) is 10.1. The summed E-state index contributed by atoms with van der Waals surface area (Å²) in [7, 11) is 0. The van der Waals surface area contributed by atoms with Gasteiger partial charge in [0.15, 0.2) is 6.61 Å². The Bertz CT molecular complexity index is 506. The van der Waals surface area contributed by atoms with Gasteiger partial charge < -0.3 is 9.64 Å². The molecule has 1 heterocycles. The second-order valence-corrected chi connectivity index (χ2v) is 6.10. The molecule has 0 N–H and O–H groups in total. The van der Waals surface area contributed by atoms with Crippen LogP contribution in [-0.2, 0) is 4.79 Å². The summed E-state index contributed by atoms with van der Waals surface area (Å²) >= 11 is 1.86. The van der Waals surface area contributed by atoms with E-state index in [1.54, 1.807) is 0 Å². The van der Waals surface area contributed by atoms with E-state index in [2.05, 4.69) is 6.92 Å². The van der Waals surface area contributed by atoms with E-state index < -0.39 is 4.92 Å². The first kappa shape index (κ1) is 15.6. The minimum atomic E-state index is -0.467. The van der Waals surface area contributed by atoms with Crippen molar-refractivity contribution in [3.8, 4) is 5.75 Å². The largest absolute Gasteiger partial charge is 0.484 e. The maximum absolute atomic E-state index is 12.2. The number of non-ortho nitro benzene ring substituents is 1. The summed E-state index contributed by atoms with van der Waals surface area (Å²) in [5.74, 6) is 2.45. The lowest BCUT2D eigenvalue weighted by Crippen LogP contribution is -2.41. The normalized spacial score (nSPS) is 18.9. The molecular weight excluding hydrogens is 292 g/mol. The molecule has 1 fully saturated rings. The molecule has 0 radical (unpaired) electrons. The van der Waals surface area contributed by atoms with Crippen LogP contribution in [-0.4, -0.2) is 46.4 Å². The molecule has 114 valence electrons. The van der Waals surface area contributed by atoms with Crippen LogP contribution in [0.2, 0.25) is 0 Å². The summed E-state index contributed by atoms with van der Waals surface area (Å²) in [6.45, 7) is 2.76. The van der Waals surface area contributed by atoms with Gasteiger partial charge in [-0.05, 0) is 31.2 Å². The summed E-state index contributed by atoms with van der Waals surface area (Å²) < 4.78 is 5.42. The number of carbonyl (C=O) groups excluding carboxylic acids is 1. The minimum absolute atomic E-state index is 0.00633. The lowest BCUT2D eigenvalue weighted by molar-refractivity contribution is -0.384. The third-order valence-electron chi connectivity index (χ3n) is 3.42. The van der Waals surface area contributed by atoms with Gasteiger partial charge in [0.1, 0.15) is 5.75 Å². The minimum Gasteiger partial charge on any atom is -0.484 e. The predicted molar refractivity (Wildman–Crippen MR) is 81.7 cm³/mol. The number of benzene rings is 1. The Hall–Kier alpha value is -1.76. The molecule has 0 saturated carbocycles. The van der Waals surface area contributed by atoms with Gasteiger partial charge in [-0.15, -0.1) is 0 Å². The second-order valence-electron chi connectivity index (χ2n) is 4.88. The van der Waals surface area contributed by atoms with Crippen LogP contribution in [0.15, 0.2) is 24.3 Å². The smallest absolute Gasteiger partial charge is 0.269 e. The molecule has 0 spiro atoms. The van der Waals surface area contributed by atoms with Crippen molar-refractivity contribution in [3.05, 3.63) is 34.4 Å². The molecule has 21 heavy (non-hydrogen) atoms. The van der Waals surface area contributed by atoms with Gasteiger partial charge in [-0.25, -0.2) is 0 Å². The number of thioether (sulfide) groups is 1. The molecule has 0 unspecified atom stereocenters. The average Bonchev–Trinajstić information content (AvgIpc) is 2.70. The zero-order valence-electron chi connectivity index (χ0n) is 11.9. The highest BCUT2D eigenvalue weighted by atomic mass is 32.2. The first-order valence-corrected chi connectivity index (χ1v) is 7.98. The summed E-state index contributed by atoms with van der Waals surface area (Å²) in [5.41, 5.74) is 0.00633. The quantitative estimate of drug-likeness (QED) is 0.630. The number of nitrogens with zero attached hydrogens (tertiary/aromatic N) is 2. The fourth-order valence-corrected chi connectivity index (χ4v) is 3.20. The number of hydrogen-bond donors (Lipinski definition) is 0. The van der Waals surface area contributed by atoms with E-state index in [-0.39, 0.29) is 24.2 Å². The maximum atomic E-state index is 12.2. The molecule has 1 saturated heterocycles. The van der Waals surface area contributed by atoms with E-state index >= 15 is 0 Å². The molecule has 6 nitrogen and oxygen atoms in total. The summed E-state index contributed by atoms with van der Waals surface area (Å²) in [6.07, 6.45) is 0.994. The van der Waals surface area contributed by atoms with E-state index in [4.69, 9.17) is 4.74 Å². The number of carbonyl (C=O) groups is 1. The van der Waals surface area contributed by atoms with Crippen LogP contribution in [0.5, 0.6) is 5.75 Å². The van der Waals surface area contributed by atoms with Crippen molar-refractivity contribution in [1.82, 2.24) is 4.90 Å². The molecule has 7 heteroatoms. The van der Waals surface area contributed by atoms with Crippen molar-refractivity contribution in [2.45, 2.75) is 19.4 Å². The summed E-state index contributed by atoms with van der Waals surface area (Å²) in [6, 6.07) is 5.98. The van der Waals surface area contributed by atoms with Gasteiger partial charge in [0, 0.05) is 30.5 Å². The summed E-state index contributed by atoms with van der Waals surface area (Å²) in [4.78, 5) is 24.1. The van der Waals surface area contributed by atoms with E-state index in [0.29, 0.717) is 5.75 Å². The molecule has 0 bridgehead atoms. The fraction of sp³-hybridized carbons (Fsp3) is 0.500. The van der Waals surface area contributed by atoms with Crippen molar-refractivity contribution in [2.24, 2.45) is 0 Å². The number of nitro groups is 1. The molecule has 1 aromatic rings. The van der Waals surface area contributed by atoms with Crippen molar-refractivity contribution in [1.29, 1.82) is 0 Å². The van der Waals surface area contributed by atoms with Crippen molar-refractivity contribution in [2.75, 3.05) is 24.7 Å². The van der Waals surface area contributed by atoms with Gasteiger partial charge in [0.05, 0.1) is 4.92 Å². The van der Waals surface area contributed by atoms with Crippen LogP contribution in [0, 0.1) is 10.1 Å². The molecule has 1 aliphatic rings. The lowest BCUT2D eigenvalue weighted by atomic mass is 10.2. The van der Waals surface area contributed by atoms with E-state index in [1.807, 2.05) is 16.7 Å². The van der Waals surface area contributed by atoms with Crippen LogP contribution >= 0.6 is 11.8 Å². The molecule has 0 aromatic heterocycles. The number of hydrogen-bond acceptors (Lipinski definition) is 5. The van der Waals surface area contributed by atoms with Crippen LogP contribution in [0.4, 0.5) is 5.69 Å².